The molecule has 13 nitrogen and oxygen atoms in total. The Labute approximate surface area is 297 Å². The maximum atomic E-state index is 14.9. The van der Waals surface area contributed by atoms with Crippen molar-refractivity contribution >= 4 is 39.8 Å². The number of likely N-dealkylation sites (tertiary alicyclic amines) is 1. The maximum absolute atomic E-state index is 14.9. The number of aromatic nitrogens is 6. The highest BCUT2D eigenvalue weighted by Gasteiger charge is 2.52. The summed E-state index contributed by atoms with van der Waals surface area (Å²) in [4.78, 5) is 39.7. The van der Waals surface area contributed by atoms with E-state index in [0.717, 1.165) is 51.0 Å². The number of benzene rings is 2. The highest BCUT2D eigenvalue weighted by atomic mass is 32.2. The number of halogens is 1. The number of aryl methyl sites for hydroxylation is 1. The van der Waals surface area contributed by atoms with Gasteiger partial charge >= 0.3 is 4.87 Å². The number of nitrogens with zero attached hydrogens (tertiary/aromatic N) is 8. The quantitative estimate of drug-likeness (QED) is 0.106. The molecule has 0 radical (unpaired) electrons. The van der Waals surface area contributed by atoms with E-state index in [9.17, 15) is 14.1 Å². The Kier molecular flexibility index (Phi) is 8.76. The number of nitroso groups, excluding NO2 is 1. The highest BCUT2D eigenvalue weighted by Crippen LogP contribution is 2.36. The molecule has 3 aromatic heterocycles. The van der Waals surface area contributed by atoms with Crippen LogP contribution in [0.1, 0.15) is 31.2 Å². The third-order valence-corrected chi connectivity index (χ3v) is 11.0. The Morgan fingerprint density at radius 1 is 1.14 bits per heavy atom. The van der Waals surface area contributed by atoms with E-state index in [2.05, 4.69) is 30.7 Å². The molecule has 1 saturated heterocycles. The number of rotatable bonds is 11. The molecule has 15 heteroatoms. The number of hydrazine groups is 1. The van der Waals surface area contributed by atoms with Gasteiger partial charge in [0, 0.05) is 56.3 Å². The normalized spacial score (nSPS) is 19.4. The standard InChI is InChI=1S/C36H38FN10O3S/c1-44-22-39-35(43-44)28-8-3-24(17-30(28)37)23-11-14-46(15-12-23)33(48)20-45-16-13-36(21-45,51-2)47(49)42-26-5-9-31-29(18-26)34(41-40-31)25-4-10-32(38-19-25)50-27-6-7-27/h3-5,8-11,17-19,22,27H,6-7,12-16,20-21H2,1-2H3,(H,40,41)(H,42,49)/q+1/t36-/m0/s1. The zero-order chi connectivity index (χ0) is 35.1. The van der Waals surface area contributed by atoms with Gasteiger partial charge in [-0.3, -0.25) is 19.5 Å². The van der Waals surface area contributed by atoms with Gasteiger partial charge < -0.3 is 9.64 Å². The van der Waals surface area contributed by atoms with Crippen molar-refractivity contribution < 1.29 is 18.8 Å². The molecule has 8 rings (SSSR count). The molecular weight excluding hydrogens is 672 g/mol. The van der Waals surface area contributed by atoms with E-state index in [-0.39, 0.29) is 24.4 Å². The first-order valence-electron chi connectivity index (χ1n) is 17.0. The molecule has 262 valence electrons. The lowest BCUT2D eigenvalue weighted by atomic mass is 9.98. The summed E-state index contributed by atoms with van der Waals surface area (Å²) in [6, 6.07) is 14.6. The van der Waals surface area contributed by atoms with Gasteiger partial charge in [-0.15, -0.1) is 5.43 Å². The molecule has 0 bridgehead atoms. The zero-order valence-electron chi connectivity index (χ0n) is 28.4. The first-order valence-corrected chi connectivity index (χ1v) is 18.2. The Morgan fingerprint density at radius 2 is 2.00 bits per heavy atom. The van der Waals surface area contributed by atoms with Crippen molar-refractivity contribution in [1.82, 2.24) is 39.7 Å². The van der Waals surface area contributed by atoms with Gasteiger partial charge in [-0.2, -0.15) is 10.2 Å². The van der Waals surface area contributed by atoms with E-state index in [1.807, 2.05) is 58.5 Å². The van der Waals surface area contributed by atoms with Crippen LogP contribution in [0.25, 0.3) is 39.1 Å². The average Bonchev–Trinajstić information content (AvgIpc) is 3.48. The smallest absolute Gasteiger partial charge is 0.302 e. The molecule has 51 heavy (non-hydrogen) atoms. The summed E-state index contributed by atoms with van der Waals surface area (Å²) in [7, 11) is 1.74. The van der Waals surface area contributed by atoms with Crippen molar-refractivity contribution in [1.29, 1.82) is 0 Å². The first kappa shape index (κ1) is 33.0. The Balaban J connectivity index is 0.880. The molecule has 5 aromatic rings. The SMILES string of the molecule is CS[C@@]1([N+](=O)Nc2ccc3[nH]nc(-c4ccc(OC5CC5)nc4)c3c2)CCN(CC(=O)N2CC=C(c3ccc(-c4ncn(C)n4)c(F)c3)CC2)C1. The van der Waals surface area contributed by atoms with Gasteiger partial charge in [-0.05, 0) is 73.1 Å². The summed E-state index contributed by atoms with van der Waals surface area (Å²) in [5.41, 5.74) is 8.29. The Hall–Kier alpha value is -5.15. The summed E-state index contributed by atoms with van der Waals surface area (Å²) in [5, 5.41) is 12.6. The summed E-state index contributed by atoms with van der Waals surface area (Å²) in [5.74, 6) is 0.585. The maximum Gasteiger partial charge on any atom is 0.302 e. The number of nitrogens with one attached hydrogen (secondary N) is 2. The van der Waals surface area contributed by atoms with Crippen LogP contribution in [0.4, 0.5) is 10.1 Å². The Morgan fingerprint density at radius 3 is 2.71 bits per heavy atom. The number of H-pyrrole nitrogens is 1. The number of amides is 1. The first-order chi connectivity index (χ1) is 24.8. The lowest BCUT2D eigenvalue weighted by Gasteiger charge is -2.28. The molecular formula is C36H38FN10O3S+. The second-order valence-corrected chi connectivity index (χ2v) is 14.5. The molecule has 5 heterocycles. The van der Waals surface area contributed by atoms with Crippen LogP contribution >= 0.6 is 11.8 Å². The number of hydrogen-bond acceptors (Lipinski definition) is 9. The molecule has 2 aliphatic heterocycles. The van der Waals surface area contributed by atoms with Gasteiger partial charge in [-0.1, -0.05) is 23.9 Å². The largest absolute Gasteiger partial charge is 0.474 e. The van der Waals surface area contributed by atoms with E-state index in [0.29, 0.717) is 62.0 Å². The lowest BCUT2D eigenvalue weighted by Crippen LogP contribution is -2.46. The third-order valence-electron chi connectivity index (χ3n) is 9.76. The van der Waals surface area contributed by atoms with Gasteiger partial charge in [0.2, 0.25) is 11.8 Å². The van der Waals surface area contributed by atoms with Crippen molar-refractivity contribution in [2.75, 3.05) is 44.4 Å². The Bertz CT molecular complexity index is 2150. The topological polar surface area (TPSA) is 137 Å². The summed E-state index contributed by atoms with van der Waals surface area (Å²) in [6.07, 6.45) is 10.8. The minimum atomic E-state index is -0.772. The number of aromatic amines is 1. The second-order valence-electron chi connectivity index (χ2n) is 13.3. The van der Waals surface area contributed by atoms with E-state index in [1.165, 1.54) is 28.8 Å². The molecule has 2 N–H and O–H groups in total. The number of pyridine rings is 1. The van der Waals surface area contributed by atoms with Crippen LogP contribution in [0.15, 0.2) is 67.1 Å². The molecule has 1 atom stereocenters. The zero-order valence-corrected chi connectivity index (χ0v) is 29.2. The van der Waals surface area contributed by atoms with Gasteiger partial charge in [0.05, 0.1) is 29.1 Å². The third kappa shape index (κ3) is 6.82. The van der Waals surface area contributed by atoms with Crippen LogP contribution < -0.4 is 10.2 Å². The van der Waals surface area contributed by atoms with Gasteiger partial charge in [0.25, 0.3) is 0 Å². The summed E-state index contributed by atoms with van der Waals surface area (Å²) >= 11 is 1.49. The highest BCUT2D eigenvalue weighted by molar-refractivity contribution is 7.99. The lowest BCUT2D eigenvalue weighted by molar-refractivity contribution is -0.568. The van der Waals surface area contributed by atoms with Crippen molar-refractivity contribution in [3.05, 3.63) is 83.4 Å². The molecule has 2 fully saturated rings. The van der Waals surface area contributed by atoms with Crippen molar-refractivity contribution in [2.24, 2.45) is 7.05 Å². The van der Waals surface area contributed by atoms with Crippen molar-refractivity contribution in [3.8, 4) is 28.5 Å². The van der Waals surface area contributed by atoms with E-state index < -0.39 is 4.87 Å². The van der Waals surface area contributed by atoms with E-state index in [1.54, 1.807) is 19.3 Å². The minimum absolute atomic E-state index is 0.00919. The van der Waals surface area contributed by atoms with Crippen molar-refractivity contribution in [2.45, 2.75) is 36.7 Å². The van der Waals surface area contributed by atoms with Crippen LogP contribution in [0.3, 0.4) is 0 Å². The van der Waals surface area contributed by atoms with Crippen LogP contribution in [0, 0.1) is 10.7 Å². The number of anilines is 1. The summed E-state index contributed by atoms with van der Waals surface area (Å²) < 4.78 is 22.3. The predicted molar refractivity (Wildman–Crippen MR) is 193 cm³/mol. The molecule has 2 aromatic carbocycles. The number of carbonyl (C=O) groups excluding carboxylic acids is 1. The van der Waals surface area contributed by atoms with Gasteiger partial charge in [-0.25, -0.2) is 14.4 Å². The number of fused-ring (bicyclic) bond motifs is 1. The predicted octanol–water partition coefficient (Wildman–Crippen LogP) is 5.29. The monoisotopic (exact) mass is 709 g/mol. The minimum Gasteiger partial charge on any atom is -0.474 e. The van der Waals surface area contributed by atoms with Crippen LogP contribution in [0.2, 0.25) is 0 Å². The van der Waals surface area contributed by atoms with Gasteiger partial charge in [0.1, 0.15) is 34.5 Å². The van der Waals surface area contributed by atoms with Gasteiger partial charge in [0.15, 0.2) is 5.82 Å². The molecule has 3 aliphatic rings. The second kappa shape index (κ2) is 13.5. The molecule has 1 aliphatic carbocycles. The number of thioether (sulfide) groups is 1. The molecule has 1 amide bonds. The number of ether oxygens (including phenoxy) is 1. The fourth-order valence-corrected chi connectivity index (χ4v) is 7.49. The van der Waals surface area contributed by atoms with Crippen LogP contribution in [-0.4, -0.2) is 100 Å². The average molecular weight is 710 g/mol. The summed E-state index contributed by atoms with van der Waals surface area (Å²) in [6.45, 7) is 2.27. The van der Waals surface area contributed by atoms with Crippen molar-refractivity contribution in [3.63, 3.8) is 0 Å². The number of hydrogen-bond donors (Lipinski definition) is 2. The van der Waals surface area contributed by atoms with E-state index in [4.69, 9.17) is 4.74 Å². The fraction of sp³-hybridized carbons (Fsp3) is 0.361. The van der Waals surface area contributed by atoms with E-state index >= 15 is 0 Å². The number of carbonyl (C=O) groups is 1. The molecule has 0 spiro atoms. The molecule has 1 saturated carbocycles. The molecule has 0 unspecified atom stereocenters. The van der Waals surface area contributed by atoms with Crippen LogP contribution in [0.5, 0.6) is 5.88 Å². The van der Waals surface area contributed by atoms with Crippen LogP contribution in [-0.2, 0) is 11.8 Å². The fourth-order valence-electron chi connectivity index (χ4n) is 6.67.